The second kappa shape index (κ2) is 9.17. The molecule has 0 aliphatic carbocycles. The number of nitrogens with one attached hydrogen (secondary N) is 1. The summed E-state index contributed by atoms with van der Waals surface area (Å²) in [5, 5.41) is 2.98. The van der Waals surface area contributed by atoms with Gasteiger partial charge in [0.1, 0.15) is 0 Å². The van der Waals surface area contributed by atoms with Crippen LogP contribution in [-0.4, -0.2) is 11.8 Å². The van der Waals surface area contributed by atoms with Gasteiger partial charge < -0.3 is 11.1 Å². The summed E-state index contributed by atoms with van der Waals surface area (Å²) < 4.78 is 0. The Balaban J connectivity index is 1.62. The van der Waals surface area contributed by atoms with Crippen molar-refractivity contribution < 1.29 is 9.59 Å². The standard InChI is InChI=1S/C27H30N2O2/c1-18-16-23(13-14-24(18)20-6-5-7-21(17-20)26(28)31)29-25(30)15-10-19-8-11-22(12-9-19)27(2,3)4/h5-9,11-14,16-17H,10,15H2,1-4H3,(H2,28,31)(H,29,30). The summed E-state index contributed by atoms with van der Waals surface area (Å²) in [4.78, 5) is 23.9. The van der Waals surface area contributed by atoms with Gasteiger partial charge in [-0.3, -0.25) is 9.59 Å². The van der Waals surface area contributed by atoms with Crippen LogP contribution in [0.3, 0.4) is 0 Å². The van der Waals surface area contributed by atoms with Crippen LogP contribution in [0.15, 0.2) is 66.7 Å². The van der Waals surface area contributed by atoms with Crippen molar-refractivity contribution in [2.24, 2.45) is 5.73 Å². The van der Waals surface area contributed by atoms with E-state index < -0.39 is 5.91 Å². The normalized spacial score (nSPS) is 11.2. The molecule has 0 fully saturated rings. The summed E-state index contributed by atoms with van der Waals surface area (Å²) >= 11 is 0. The molecule has 4 nitrogen and oxygen atoms in total. The molecule has 0 aromatic heterocycles. The molecule has 0 heterocycles. The third-order valence-electron chi connectivity index (χ3n) is 5.43. The molecular formula is C27H30N2O2. The van der Waals surface area contributed by atoms with Gasteiger partial charge in [-0.05, 0) is 70.8 Å². The lowest BCUT2D eigenvalue weighted by molar-refractivity contribution is -0.116. The highest BCUT2D eigenvalue weighted by molar-refractivity contribution is 5.94. The van der Waals surface area contributed by atoms with E-state index in [1.165, 1.54) is 5.56 Å². The van der Waals surface area contributed by atoms with Crippen molar-refractivity contribution in [2.75, 3.05) is 5.32 Å². The number of anilines is 1. The molecule has 3 rings (SSSR count). The predicted octanol–water partition coefficient (Wildman–Crippen LogP) is 5.63. The monoisotopic (exact) mass is 414 g/mol. The topological polar surface area (TPSA) is 72.2 Å². The van der Waals surface area contributed by atoms with Gasteiger partial charge in [0, 0.05) is 17.7 Å². The van der Waals surface area contributed by atoms with Gasteiger partial charge in [-0.25, -0.2) is 0 Å². The summed E-state index contributed by atoms with van der Waals surface area (Å²) in [5.41, 5.74) is 12.1. The zero-order chi connectivity index (χ0) is 22.6. The Morgan fingerprint density at radius 2 is 1.65 bits per heavy atom. The highest BCUT2D eigenvalue weighted by Gasteiger charge is 2.13. The van der Waals surface area contributed by atoms with Crippen molar-refractivity contribution in [3.8, 4) is 11.1 Å². The number of amides is 2. The van der Waals surface area contributed by atoms with E-state index >= 15 is 0 Å². The molecule has 0 aliphatic heterocycles. The fourth-order valence-corrected chi connectivity index (χ4v) is 3.56. The number of nitrogens with two attached hydrogens (primary N) is 1. The molecule has 0 spiro atoms. The minimum atomic E-state index is -0.448. The quantitative estimate of drug-likeness (QED) is 0.549. The maximum atomic E-state index is 12.4. The van der Waals surface area contributed by atoms with E-state index in [1.807, 2.05) is 37.3 Å². The second-order valence-electron chi connectivity index (χ2n) is 8.97. The van der Waals surface area contributed by atoms with Crippen molar-refractivity contribution in [3.63, 3.8) is 0 Å². The smallest absolute Gasteiger partial charge is 0.248 e. The number of hydrogen-bond donors (Lipinski definition) is 2. The van der Waals surface area contributed by atoms with Gasteiger partial charge in [-0.15, -0.1) is 0 Å². The summed E-state index contributed by atoms with van der Waals surface area (Å²) in [6.45, 7) is 8.56. The Morgan fingerprint density at radius 1 is 0.935 bits per heavy atom. The van der Waals surface area contributed by atoms with Gasteiger partial charge >= 0.3 is 0 Å². The summed E-state index contributed by atoms with van der Waals surface area (Å²) in [6.07, 6.45) is 1.13. The molecule has 31 heavy (non-hydrogen) atoms. The van der Waals surface area contributed by atoms with Crippen molar-refractivity contribution in [3.05, 3.63) is 89.0 Å². The fourth-order valence-electron chi connectivity index (χ4n) is 3.56. The van der Waals surface area contributed by atoms with Gasteiger partial charge in [0.05, 0.1) is 0 Å². The van der Waals surface area contributed by atoms with E-state index in [1.54, 1.807) is 12.1 Å². The largest absolute Gasteiger partial charge is 0.366 e. The number of primary amides is 1. The molecule has 0 aliphatic rings. The van der Waals surface area contributed by atoms with Gasteiger partial charge in [-0.1, -0.05) is 63.2 Å². The van der Waals surface area contributed by atoms with Gasteiger partial charge in [0.2, 0.25) is 11.8 Å². The highest BCUT2D eigenvalue weighted by Crippen LogP contribution is 2.27. The molecule has 0 saturated heterocycles. The summed E-state index contributed by atoms with van der Waals surface area (Å²) in [7, 11) is 0. The van der Waals surface area contributed by atoms with Crippen LogP contribution in [-0.2, 0) is 16.6 Å². The SMILES string of the molecule is Cc1cc(NC(=O)CCc2ccc(C(C)(C)C)cc2)ccc1-c1cccc(C(N)=O)c1. The average Bonchev–Trinajstić information content (AvgIpc) is 2.72. The first-order chi connectivity index (χ1) is 14.6. The number of hydrogen-bond acceptors (Lipinski definition) is 2. The number of rotatable bonds is 6. The molecule has 0 radical (unpaired) electrons. The minimum absolute atomic E-state index is 0.0113. The van der Waals surface area contributed by atoms with Crippen molar-refractivity contribution in [1.82, 2.24) is 0 Å². The molecule has 0 atom stereocenters. The average molecular weight is 415 g/mol. The van der Waals surface area contributed by atoms with Crippen LogP contribution in [0.5, 0.6) is 0 Å². The van der Waals surface area contributed by atoms with Gasteiger partial charge in [0.25, 0.3) is 0 Å². The molecule has 0 unspecified atom stereocenters. The Kier molecular flexibility index (Phi) is 6.59. The maximum Gasteiger partial charge on any atom is 0.248 e. The fraction of sp³-hybridized carbons (Fsp3) is 0.259. The maximum absolute atomic E-state index is 12.4. The Bertz CT molecular complexity index is 1090. The third kappa shape index (κ3) is 5.82. The number of carbonyl (C=O) groups is 2. The van der Waals surface area contributed by atoms with Crippen LogP contribution in [0, 0.1) is 6.92 Å². The molecule has 4 heteroatoms. The van der Waals surface area contributed by atoms with Crippen molar-refractivity contribution in [2.45, 2.75) is 46.0 Å². The Hall–Kier alpha value is -3.40. The molecule has 3 N–H and O–H groups in total. The molecule has 0 saturated carbocycles. The molecule has 160 valence electrons. The van der Waals surface area contributed by atoms with Crippen molar-refractivity contribution in [1.29, 1.82) is 0 Å². The lowest BCUT2D eigenvalue weighted by Gasteiger charge is -2.19. The van der Waals surface area contributed by atoms with Gasteiger partial charge in [0.15, 0.2) is 0 Å². The lowest BCUT2D eigenvalue weighted by Crippen LogP contribution is -2.13. The zero-order valence-corrected chi connectivity index (χ0v) is 18.7. The first kappa shape index (κ1) is 22.3. The molecule has 0 bridgehead atoms. The predicted molar refractivity (Wildman–Crippen MR) is 127 cm³/mol. The number of aryl methyl sites for hydroxylation is 2. The number of benzene rings is 3. The first-order valence-corrected chi connectivity index (χ1v) is 10.5. The van der Waals surface area contributed by atoms with E-state index in [0.29, 0.717) is 18.4 Å². The minimum Gasteiger partial charge on any atom is -0.366 e. The van der Waals surface area contributed by atoms with Crippen LogP contribution >= 0.6 is 0 Å². The zero-order valence-electron chi connectivity index (χ0n) is 18.7. The molecule has 3 aromatic rings. The van der Waals surface area contributed by atoms with E-state index in [4.69, 9.17) is 5.73 Å². The van der Waals surface area contributed by atoms with E-state index in [9.17, 15) is 9.59 Å². The van der Waals surface area contributed by atoms with E-state index in [0.717, 1.165) is 27.9 Å². The summed E-state index contributed by atoms with van der Waals surface area (Å²) in [5.74, 6) is -0.459. The second-order valence-corrected chi connectivity index (χ2v) is 8.97. The lowest BCUT2D eigenvalue weighted by atomic mass is 9.86. The van der Waals surface area contributed by atoms with E-state index in [-0.39, 0.29) is 11.3 Å². The van der Waals surface area contributed by atoms with Crippen LogP contribution in [0.25, 0.3) is 11.1 Å². The van der Waals surface area contributed by atoms with Gasteiger partial charge in [-0.2, -0.15) is 0 Å². The van der Waals surface area contributed by atoms with E-state index in [2.05, 4.69) is 50.4 Å². The van der Waals surface area contributed by atoms with Crippen LogP contribution < -0.4 is 11.1 Å². The summed E-state index contributed by atoms with van der Waals surface area (Å²) in [6, 6.07) is 21.5. The third-order valence-corrected chi connectivity index (χ3v) is 5.43. The molecule has 2 amide bonds. The van der Waals surface area contributed by atoms with Crippen LogP contribution in [0.1, 0.15) is 54.2 Å². The Labute approximate surface area is 184 Å². The first-order valence-electron chi connectivity index (χ1n) is 10.5. The number of carbonyl (C=O) groups excluding carboxylic acids is 2. The Morgan fingerprint density at radius 3 is 2.26 bits per heavy atom. The van der Waals surface area contributed by atoms with Crippen LogP contribution in [0.2, 0.25) is 0 Å². The van der Waals surface area contributed by atoms with Crippen LogP contribution in [0.4, 0.5) is 5.69 Å². The highest BCUT2D eigenvalue weighted by atomic mass is 16.1. The van der Waals surface area contributed by atoms with Crippen molar-refractivity contribution >= 4 is 17.5 Å². The molecule has 3 aromatic carbocycles. The molecular weight excluding hydrogens is 384 g/mol.